The molecule has 2 rings (SSSR count). The minimum atomic E-state index is -0.425. The number of aliphatic hydroxyl groups is 2. The molecule has 3 nitrogen and oxygen atoms in total. The lowest BCUT2D eigenvalue weighted by Crippen LogP contribution is -2.42. The summed E-state index contributed by atoms with van der Waals surface area (Å²) in [6.07, 6.45) is 3.97. The Morgan fingerprint density at radius 1 is 1.22 bits per heavy atom. The summed E-state index contributed by atoms with van der Waals surface area (Å²) in [6, 6.07) is 10.2. The Hall–Kier alpha value is -0.900. The summed E-state index contributed by atoms with van der Waals surface area (Å²) in [4.78, 5) is 2.33. The molecule has 1 aliphatic heterocycles. The van der Waals surface area contributed by atoms with Crippen LogP contribution in [0.2, 0.25) is 0 Å². The lowest BCUT2D eigenvalue weighted by Gasteiger charge is -2.36. The first-order valence-corrected chi connectivity index (χ1v) is 6.89. The van der Waals surface area contributed by atoms with Gasteiger partial charge in [0.15, 0.2) is 0 Å². The predicted octanol–water partition coefficient (Wildman–Crippen LogP) is 1.96. The van der Waals surface area contributed by atoms with E-state index >= 15 is 0 Å². The van der Waals surface area contributed by atoms with Gasteiger partial charge < -0.3 is 10.2 Å². The second-order valence-electron chi connectivity index (χ2n) is 5.08. The van der Waals surface area contributed by atoms with Gasteiger partial charge in [-0.1, -0.05) is 36.8 Å². The van der Waals surface area contributed by atoms with Crippen LogP contribution >= 0.6 is 0 Å². The molecular weight excluding hydrogens is 226 g/mol. The maximum absolute atomic E-state index is 10.3. The van der Waals surface area contributed by atoms with Crippen molar-refractivity contribution >= 4 is 0 Å². The van der Waals surface area contributed by atoms with Gasteiger partial charge in [0.25, 0.3) is 0 Å². The van der Waals surface area contributed by atoms with E-state index in [9.17, 15) is 5.11 Å². The second kappa shape index (κ2) is 6.88. The van der Waals surface area contributed by atoms with Crippen LogP contribution in [-0.4, -0.2) is 40.9 Å². The molecule has 0 saturated carbocycles. The van der Waals surface area contributed by atoms with Gasteiger partial charge in [0, 0.05) is 19.2 Å². The van der Waals surface area contributed by atoms with Crippen molar-refractivity contribution in [3.8, 4) is 0 Å². The van der Waals surface area contributed by atoms with Gasteiger partial charge in [-0.05, 0) is 31.4 Å². The average Bonchev–Trinajstić information content (AvgIpc) is 2.42. The van der Waals surface area contributed by atoms with Crippen LogP contribution in [0, 0.1) is 0 Å². The Labute approximate surface area is 109 Å². The molecule has 2 N–H and O–H groups in total. The van der Waals surface area contributed by atoms with Gasteiger partial charge in [-0.25, -0.2) is 0 Å². The maximum Gasteiger partial charge on any atom is 0.0917 e. The number of nitrogens with zero attached hydrogens (tertiary/aromatic N) is 1. The quantitative estimate of drug-likeness (QED) is 0.838. The smallest absolute Gasteiger partial charge is 0.0917 e. The van der Waals surface area contributed by atoms with E-state index in [0.717, 1.165) is 24.9 Å². The second-order valence-corrected chi connectivity index (χ2v) is 5.08. The van der Waals surface area contributed by atoms with Crippen molar-refractivity contribution < 1.29 is 10.2 Å². The Kier molecular flexibility index (Phi) is 5.17. The molecule has 1 heterocycles. The van der Waals surface area contributed by atoms with Crippen molar-refractivity contribution in [2.24, 2.45) is 0 Å². The molecule has 1 fully saturated rings. The number of piperidine rings is 1. The van der Waals surface area contributed by atoms with Crippen molar-refractivity contribution in [3.05, 3.63) is 35.9 Å². The van der Waals surface area contributed by atoms with Crippen LogP contribution in [0.25, 0.3) is 0 Å². The van der Waals surface area contributed by atoms with Crippen LogP contribution in [0.3, 0.4) is 0 Å². The number of likely N-dealkylation sites (tertiary alicyclic amines) is 1. The Morgan fingerprint density at radius 3 is 2.72 bits per heavy atom. The molecule has 3 heteroatoms. The van der Waals surface area contributed by atoms with E-state index in [0.29, 0.717) is 12.6 Å². The zero-order valence-electron chi connectivity index (χ0n) is 10.8. The molecule has 0 aromatic heterocycles. The van der Waals surface area contributed by atoms with Gasteiger partial charge in [0.05, 0.1) is 6.10 Å². The third kappa shape index (κ3) is 3.55. The molecule has 0 aliphatic carbocycles. The zero-order chi connectivity index (χ0) is 12.8. The van der Waals surface area contributed by atoms with E-state index in [1.165, 1.54) is 12.8 Å². The van der Waals surface area contributed by atoms with Crippen molar-refractivity contribution in [2.45, 2.75) is 37.8 Å². The van der Waals surface area contributed by atoms with Crippen LogP contribution in [0.4, 0.5) is 0 Å². The number of hydrogen-bond acceptors (Lipinski definition) is 3. The monoisotopic (exact) mass is 249 g/mol. The van der Waals surface area contributed by atoms with E-state index in [1.54, 1.807) is 0 Å². The van der Waals surface area contributed by atoms with Gasteiger partial charge in [-0.15, -0.1) is 0 Å². The normalized spacial score (nSPS) is 22.9. The lowest BCUT2D eigenvalue weighted by atomic mass is 9.98. The molecule has 0 unspecified atom stereocenters. The molecule has 1 aromatic carbocycles. The van der Waals surface area contributed by atoms with Crippen molar-refractivity contribution in [2.75, 3.05) is 19.7 Å². The summed E-state index contributed by atoms with van der Waals surface area (Å²) in [6.45, 7) is 1.95. The first kappa shape index (κ1) is 13.5. The summed E-state index contributed by atoms with van der Waals surface area (Å²) in [5.41, 5.74) is 0.978. The number of benzene rings is 1. The lowest BCUT2D eigenvalue weighted by molar-refractivity contribution is 0.0565. The van der Waals surface area contributed by atoms with Crippen LogP contribution in [-0.2, 0) is 0 Å². The van der Waals surface area contributed by atoms with Gasteiger partial charge in [0.2, 0.25) is 0 Å². The number of aliphatic hydroxyl groups excluding tert-OH is 2. The van der Waals surface area contributed by atoms with Crippen molar-refractivity contribution in [3.63, 3.8) is 0 Å². The van der Waals surface area contributed by atoms with E-state index < -0.39 is 6.10 Å². The Balaban J connectivity index is 1.94. The highest BCUT2D eigenvalue weighted by Crippen LogP contribution is 2.23. The van der Waals surface area contributed by atoms with Gasteiger partial charge in [-0.3, -0.25) is 4.90 Å². The van der Waals surface area contributed by atoms with Crippen LogP contribution in [0.1, 0.15) is 37.4 Å². The predicted molar refractivity (Wildman–Crippen MR) is 72.3 cm³/mol. The molecule has 0 spiro atoms. The SMILES string of the molecule is OCC[C@@H]1CCCCN1C[C@H](O)c1ccccc1. The zero-order valence-corrected chi connectivity index (χ0v) is 10.8. The Morgan fingerprint density at radius 2 is 2.00 bits per heavy atom. The molecule has 0 bridgehead atoms. The molecule has 2 atom stereocenters. The molecule has 100 valence electrons. The highest BCUT2D eigenvalue weighted by molar-refractivity contribution is 5.17. The topological polar surface area (TPSA) is 43.7 Å². The standard InChI is InChI=1S/C15H23NO2/c17-11-9-14-8-4-5-10-16(14)12-15(18)13-6-2-1-3-7-13/h1-3,6-7,14-15,17-18H,4-5,8-12H2/t14-,15-/m0/s1. The molecular formula is C15H23NO2. The molecule has 1 aliphatic rings. The first-order valence-electron chi connectivity index (χ1n) is 6.89. The minimum Gasteiger partial charge on any atom is -0.396 e. The van der Waals surface area contributed by atoms with Gasteiger partial charge >= 0.3 is 0 Å². The number of β-amino-alcohol motifs (C(OH)–C–C–N with tert-alkyl or cyclic N) is 1. The fraction of sp³-hybridized carbons (Fsp3) is 0.600. The van der Waals surface area contributed by atoms with Gasteiger partial charge in [0.1, 0.15) is 0 Å². The summed E-state index contributed by atoms with van der Waals surface area (Å²) >= 11 is 0. The molecule has 0 radical (unpaired) electrons. The van der Waals surface area contributed by atoms with Crippen LogP contribution < -0.4 is 0 Å². The minimum absolute atomic E-state index is 0.239. The summed E-state index contributed by atoms with van der Waals surface area (Å²) in [5.74, 6) is 0. The summed E-state index contributed by atoms with van der Waals surface area (Å²) in [5, 5.41) is 19.4. The van der Waals surface area contributed by atoms with Gasteiger partial charge in [-0.2, -0.15) is 0 Å². The van der Waals surface area contributed by atoms with E-state index in [4.69, 9.17) is 5.11 Å². The number of rotatable bonds is 5. The number of hydrogen-bond donors (Lipinski definition) is 2. The molecule has 1 aromatic rings. The summed E-state index contributed by atoms with van der Waals surface area (Å²) in [7, 11) is 0. The fourth-order valence-corrected chi connectivity index (χ4v) is 2.78. The molecule has 18 heavy (non-hydrogen) atoms. The van der Waals surface area contributed by atoms with E-state index in [1.807, 2.05) is 30.3 Å². The van der Waals surface area contributed by atoms with Crippen molar-refractivity contribution in [1.82, 2.24) is 4.90 Å². The maximum atomic E-state index is 10.3. The first-order chi connectivity index (χ1) is 8.81. The highest BCUT2D eigenvalue weighted by Gasteiger charge is 2.24. The van der Waals surface area contributed by atoms with Crippen molar-refractivity contribution in [1.29, 1.82) is 0 Å². The third-order valence-corrected chi connectivity index (χ3v) is 3.80. The van der Waals surface area contributed by atoms with Crippen LogP contribution in [0.15, 0.2) is 30.3 Å². The Bertz CT molecular complexity index is 340. The summed E-state index contributed by atoms with van der Waals surface area (Å²) < 4.78 is 0. The average molecular weight is 249 g/mol. The highest BCUT2D eigenvalue weighted by atomic mass is 16.3. The third-order valence-electron chi connectivity index (χ3n) is 3.80. The van der Waals surface area contributed by atoms with Crippen LogP contribution in [0.5, 0.6) is 0 Å². The van der Waals surface area contributed by atoms with E-state index in [2.05, 4.69) is 4.90 Å². The molecule has 0 amide bonds. The fourth-order valence-electron chi connectivity index (χ4n) is 2.78. The largest absolute Gasteiger partial charge is 0.396 e. The van der Waals surface area contributed by atoms with E-state index in [-0.39, 0.29) is 6.61 Å². The molecule has 1 saturated heterocycles.